The lowest BCUT2D eigenvalue weighted by Crippen LogP contribution is -2.59. The molecule has 4 heteroatoms. The van der Waals surface area contributed by atoms with E-state index in [4.69, 9.17) is 4.74 Å². The summed E-state index contributed by atoms with van der Waals surface area (Å²) in [6.07, 6.45) is 0.109. The molecule has 0 bridgehead atoms. The van der Waals surface area contributed by atoms with Gasteiger partial charge in [-0.15, -0.1) is 0 Å². The van der Waals surface area contributed by atoms with Gasteiger partial charge in [-0.1, -0.05) is 32.9 Å². The second-order valence-electron chi connectivity index (χ2n) is 5.67. The van der Waals surface area contributed by atoms with E-state index in [1.165, 1.54) is 5.56 Å². The third-order valence-corrected chi connectivity index (χ3v) is 3.65. The summed E-state index contributed by atoms with van der Waals surface area (Å²) in [7, 11) is 0. The van der Waals surface area contributed by atoms with Gasteiger partial charge < -0.3 is 14.7 Å². The Kier molecular flexibility index (Phi) is 4.65. The topological polar surface area (TPSA) is 49.8 Å². The molecule has 1 aromatic rings. The zero-order chi connectivity index (χ0) is 14.7. The Morgan fingerprint density at radius 2 is 2.15 bits per heavy atom. The lowest BCUT2D eigenvalue weighted by Gasteiger charge is -2.40. The SMILES string of the molecule is CCc1cccc(OC2CN(C(=O)[C@H](O)C(C)C)C2)c1. The summed E-state index contributed by atoms with van der Waals surface area (Å²) >= 11 is 0. The van der Waals surface area contributed by atoms with Crippen LogP contribution in [0.2, 0.25) is 0 Å². The van der Waals surface area contributed by atoms with Gasteiger partial charge in [0.1, 0.15) is 18.0 Å². The van der Waals surface area contributed by atoms with Gasteiger partial charge in [-0.3, -0.25) is 4.79 Å². The lowest BCUT2D eigenvalue weighted by atomic mass is 10.0. The highest BCUT2D eigenvalue weighted by Crippen LogP contribution is 2.21. The molecule has 110 valence electrons. The Labute approximate surface area is 120 Å². The first-order valence-corrected chi connectivity index (χ1v) is 7.23. The minimum absolute atomic E-state index is 0.0328. The van der Waals surface area contributed by atoms with Crippen molar-refractivity contribution >= 4 is 5.91 Å². The highest BCUT2D eigenvalue weighted by Gasteiger charge is 2.36. The number of aliphatic hydroxyl groups excluding tert-OH is 1. The Morgan fingerprint density at radius 1 is 1.45 bits per heavy atom. The molecule has 1 aromatic carbocycles. The molecular weight excluding hydrogens is 254 g/mol. The summed E-state index contributed by atoms with van der Waals surface area (Å²) in [6.45, 7) is 6.90. The number of amides is 1. The van der Waals surface area contributed by atoms with Crippen LogP contribution >= 0.6 is 0 Å². The zero-order valence-electron chi connectivity index (χ0n) is 12.4. The average Bonchev–Trinajstić information content (AvgIpc) is 2.41. The van der Waals surface area contributed by atoms with E-state index < -0.39 is 6.10 Å². The lowest BCUT2D eigenvalue weighted by molar-refractivity contribution is -0.151. The molecule has 0 radical (unpaired) electrons. The normalized spacial score (nSPS) is 16.9. The zero-order valence-corrected chi connectivity index (χ0v) is 12.4. The van der Waals surface area contributed by atoms with Crippen molar-refractivity contribution in [2.45, 2.75) is 39.4 Å². The molecule has 2 rings (SSSR count). The van der Waals surface area contributed by atoms with Gasteiger partial charge >= 0.3 is 0 Å². The van der Waals surface area contributed by atoms with Gasteiger partial charge in [0, 0.05) is 0 Å². The van der Waals surface area contributed by atoms with Crippen LogP contribution in [0.1, 0.15) is 26.3 Å². The minimum atomic E-state index is -0.903. The number of carbonyl (C=O) groups is 1. The van der Waals surface area contributed by atoms with Crippen LogP contribution in [0.4, 0.5) is 0 Å². The highest BCUT2D eigenvalue weighted by molar-refractivity contribution is 5.81. The van der Waals surface area contributed by atoms with Crippen molar-refractivity contribution in [2.75, 3.05) is 13.1 Å². The van der Waals surface area contributed by atoms with E-state index in [0.29, 0.717) is 13.1 Å². The number of hydrogen-bond acceptors (Lipinski definition) is 3. The fourth-order valence-corrected chi connectivity index (χ4v) is 2.20. The van der Waals surface area contributed by atoms with Crippen molar-refractivity contribution in [3.63, 3.8) is 0 Å². The largest absolute Gasteiger partial charge is 0.487 e. The Bertz CT molecular complexity index is 467. The quantitative estimate of drug-likeness (QED) is 0.893. The maximum absolute atomic E-state index is 11.9. The smallest absolute Gasteiger partial charge is 0.251 e. The number of benzene rings is 1. The van der Waals surface area contributed by atoms with Gasteiger partial charge in [0.05, 0.1) is 13.1 Å². The predicted molar refractivity (Wildman–Crippen MR) is 77.7 cm³/mol. The maximum atomic E-state index is 11.9. The van der Waals surface area contributed by atoms with Crippen molar-refractivity contribution < 1.29 is 14.6 Å². The molecule has 0 unspecified atom stereocenters. The van der Waals surface area contributed by atoms with Gasteiger partial charge in [0.15, 0.2) is 0 Å². The van der Waals surface area contributed by atoms with E-state index in [1.54, 1.807) is 4.90 Å². The fourth-order valence-electron chi connectivity index (χ4n) is 2.20. The molecule has 0 aliphatic carbocycles. The molecule has 1 aliphatic rings. The van der Waals surface area contributed by atoms with E-state index in [-0.39, 0.29) is 17.9 Å². The van der Waals surface area contributed by atoms with Crippen molar-refractivity contribution in [3.05, 3.63) is 29.8 Å². The molecule has 1 atom stereocenters. The first-order chi connectivity index (χ1) is 9.51. The Hall–Kier alpha value is -1.55. The number of ether oxygens (including phenoxy) is 1. The van der Waals surface area contributed by atoms with Crippen molar-refractivity contribution in [1.29, 1.82) is 0 Å². The summed E-state index contributed by atoms with van der Waals surface area (Å²) in [6, 6.07) is 8.03. The third kappa shape index (κ3) is 3.31. The number of aryl methyl sites for hydroxylation is 1. The van der Waals surface area contributed by atoms with Crippen LogP contribution in [0.3, 0.4) is 0 Å². The highest BCUT2D eigenvalue weighted by atomic mass is 16.5. The minimum Gasteiger partial charge on any atom is -0.487 e. The average molecular weight is 277 g/mol. The van der Waals surface area contributed by atoms with Crippen LogP contribution in [-0.4, -0.2) is 41.2 Å². The van der Waals surface area contributed by atoms with Crippen LogP contribution in [0.25, 0.3) is 0 Å². The van der Waals surface area contributed by atoms with E-state index in [1.807, 2.05) is 32.0 Å². The van der Waals surface area contributed by atoms with Gasteiger partial charge in [0.2, 0.25) is 0 Å². The summed E-state index contributed by atoms with van der Waals surface area (Å²) in [5.41, 5.74) is 1.24. The number of nitrogens with zero attached hydrogens (tertiary/aromatic N) is 1. The summed E-state index contributed by atoms with van der Waals surface area (Å²) in [5.74, 6) is 0.608. The van der Waals surface area contributed by atoms with Gasteiger partial charge in [-0.2, -0.15) is 0 Å². The van der Waals surface area contributed by atoms with Crippen LogP contribution in [-0.2, 0) is 11.2 Å². The molecule has 1 saturated heterocycles. The summed E-state index contributed by atoms with van der Waals surface area (Å²) in [4.78, 5) is 13.5. The molecule has 1 amide bonds. The predicted octanol–water partition coefficient (Wildman–Crippen LogP) is 1.86. The number of aliphatic hydroxyl groups is 1. The summed E-state index contributed by atoms with van der Waals surface area (Å²) < 4.78 is 5.84. The van der Waals surface area contributed by atoms with Crippen LogP contribution in [0, 0.1) is 5.92 Å². The number of carbonyl (C=O) groups excluding carboxylic acids is 1. The van der Waals surface area contributed by atoms with E-state index in [2.05, 4.69) is 13.0 Å². The number of hydrogen-bond donors (Lipinski definition) is 1. The molecule has 4 nitrogen and oxygen atoms in total. The first-order valence-electron chi connectivity index (χ1n) is 7.23. The molecule has 0 aromatic heterocycles. The standard InChI is InChI=1S/C16H23NO3/c1-4-12-6-5-7-13(8-12)20-14-9-17(10-14)16(19)15(18)11(2)3/h5-8,11,14-15,18H,4,9-10H2,1-3H3/t15-/m1/s1. The van der Waals surface area contributed by atoms with Crippen molar-refractivity contribution in [3.8, 4) is 5.75 Å². The number of likely N-dealkylation sites (tertiary alicyclic amines) is 1. The molecular formula is C16H23NO3. The van der Waals surface area contributed by atoms with Gasteiger partial charge in [-0.25, -0.2) is 0 Å². The van der Waals surface area contributed by atoms with Crippen molar-refractivity contribution in [2.24, 2.45) is 5.92 Å². The summed E-state index contributed by atoms with van der Waals surface area (Å²) in [5, 5.41) is 9.74. The molecule has 20 heavy (non-hydrogen) atoms. The number of rotatable bonds is 5. The first kappa shape index (κ1) is 14.9. The van der Waals surface area contributed by atoms with E-state index in [0.717, 1.165) is 12.2 Å². The second-order valence-corrected chi connectivity index (χ2v) is 5.67. The van der Waals surface area contributed by atoms with Crippen LogP contribution < -0.4 is 4.74 Å². The Morgan fingerprint density at radius 3 is 2.75 bits per heavy atom. The molecule has 1 N–H and O–H groups in total. The molecule has 1 heterocycles. The molecule has 0 saturated carbocycles. The monoisotopic (exact) mass is 277 g/mol. The molecule has 1 aliphatic heterocycles. The molecule has 0 spiro atoms. The van der Waals surface area contributed by atoms with Crippen LogP contribution in [0.5, 0.6) is 5.75 Å². The second kappa shape index (κ2) is 6.27. The maximum Gasteiger partial charge on any atom is 0.251 e. The Balaban J connectivity index is 1.83. The van der Waals surface area contributed by atoms with Crippen LogP contribution in [0.15, 0.2) is 24.3 Å². The van der Waals surface area contributed by atoms with Gasteiger partial charge in [0.25, 0.3) is 5.91 Å². The van der Waals surface area contributed by atoms with E-state index >= 15 is 0 Å². The third-order valence-electron chi connectivity index (χ3n) is 3.65. The van der Waals surface area contributed by atoms with Crippen molar-refractivity contribution in [1.82, 2.24) is 4.90 Å². The van der Waals surface area contributed by atoms with Gasteiger partial charge in [-0.05, 0) is 30.0 Å². The molecule has 1 fully saturated rings. The fraction of sp³-hybridized carbons (Fsp3) is 0.562. The van der Waals surface area contributed by atoms with E-state index in [9.17, 15) is 9.90 Å².